The van der Waals surface area contributed by atoms with Gasteiger partial charge in [0.25, 0.3) is 0 Å². The molecule has 0 unspecified atom stereocenters. The van der Waals surface area contributed by atoms with Crippen molar-refractivity contribution < 1.29 is 34.6 Å². The summed E-state index contributed by atoms with van der Waals surface area (Å²) >= 11 is -2.94. The van der Waals surface area contributed by atoms with E-state index in [1.807, 2.05) is 0 Å². The van der Waals surface area contributed by atoms with E-state index in [2.05, 4.69) is 0 Å². The fourth-order valence-electron chi connectivity index (χ4n) is 0. The molecule has 0 aromatic heterocycles. The molecule has 0 atom stereocenters. The maximum atomic E-state index is 8.74. The van der Waals surface area contributed by atoms with Gasteiger partial charge in [0, 0.05) is 0 Å². The van der Waals surface area contributed by atoms with Gasteiger partial charge in [-0.25, -0.2) is 0 Å². The Balaban J connectivity index is 0. The van der Waals surface area contributed by atoms with Gasteiger partial charge >= 0.3 is 44.6 Å². The van der Waals surface area contributed by atoms with Gasteiger partial charge in [0.05, 0.1) is 0 Å². The third-order valence-corrected chi connectivity index (χ3v) is 0. The van der Waals surface area contributed by atoms with Crippen LogP contribution in [-0.4, -0.2) is 17.5 Å². The zero-order valence-corrected chi connectivity index (χ0v) is 7.83. The fraction of sp³-hybridized carbons (Fsp3) is 0. The number of hydrogen-bond acceptors (Lipinski definition) is 6. The zero-order chi connectivity index (χ0) is 9.00. The van der Waals surface area contributed by atoms with E-state index < -0.39 is 27.5 Å². The quantitative estimate of drug-likeness (QED) is 0.248. The van der Waals surface area contributed by atoms with Crippen molar-refractivity contribution in [3.63, 3.8) is 0 Å². The fourth-order valence-corrected chi connectivity index (χ4v) is 0. The molecule has 8 nitrogen and oxygen atoms in total. The molecule has 0 amide bonds. The zero-order valence-electron chi connectivity index (χ0n) is 4.74. The van der Waals surface area contributed by atoms with E-state index in [-0.39, 0.29) is 0 Å². The third kappa shape index (κ3) is 2900. The Kier molecular flexibility index (Phi) is 5.62. The summed E-state index contributed by atoms with van der Waals surface area (Å²) in [6.45, 7) is 0. The van der Waals surface area contributed by atoms with Crippen LogP contribution in [-0.2, 0) is 27.5 Å². The summed E-state index contributed by atoms with van der Waals surface area (Å²) < 4.78 is 51.1. The van der Waals surface area contributed by atoms with Gasteiger partial charge in [-0.3, -0.25) is 9.11 Å². The van der Waals surface area contributed by atoms with Crippen LogP contribution in [0.2, 0.25) is 0 Å². The van der Waals surface area contributed by atoms with Gasteiger partial charge in [0.1, 0.15) is 0 Å². The van der Waals surface area contributed by atoms with Gasteiger partial charge in [-0.05, 0) is 0 Å². The third-order valence-electron chi connectivity index (χ3n) is 0. The summed E-state index contributed by atoms with van der Waals surface area (Å²) in [5.74, 6) is 0. The number of hydrogen-bond donors (Lipinski definition) is 6. The molecule has 0 rings (SSSR count). The Morgan fingerprint density at radius 3 is 1.00 bits per heavy atom. The van der Waals surface area contributed by atoms with Crippen molar-refractivity contribution in [3.05, 3.63) is 0 Å². The van der Waals surface area contributed by atoms with Crippen molar-refractivity contribution in [2.75, 3.05) is 0 Å². The first kappa shape index (κ1) is 13.0. The molecule has 0 spiro atoms. The van der Waals surface area contributed by atoms with Gasteiger partial charge in [0.15, 0.2) is 0 Å². The van der Waals surface area contributed by atoms with Gasteiger partial charge in [-0.1, -0.05) is 0 Å². The molecular formula is H10N4O4PtS. The minimum atomic E-state index is -4.67. The van der Waals surface area contributed by atoms with Crippen LogP contribution < -0.4 is 17.2 Å². The van der Waals surface area contributed by atoms with E-state index in [4.69, 9.17) is 34.7 Å². The molecule has 0 aromatic carbocycles. The number of nitrogens with two attached hydrogens (primary N) is 4. The molecule has 0 radical (unpaired) electrons. The predicted octanol–water partition coefficient (Wildman–Crippen LogP) is -3.02. The topological polar surface area (TPSA) is 179 Å². The average molecular weight is 357 g/mol. The molecule has 0 aliphatic carbocycles. The van der Waals surface area contributed by atoms with E-state index in [9.17, 15) is 0 Å². The van der Waals surface area contributed by atoms with Crippen molar-refractivity contribution in [3.8, 4) is 0 Å². The molecular weight excluding hydrogens is 347 g/mol. The molecule has 10 N–H and O–H groups in total. The van der Waals surface area contributed by atoms with Crippen molar-refractivity contribution >= 4 is 10.4 Å². The molecule has 0 bridgehead atoms. The monoisotopic (exact) mass is 357 g/mol. The second-order valence-electron chi connectivity index (χ2n) is 1.08. The van der Waals surface area contributed by atoms with Crippen LogP contribution >= 0.6 is 0 Å². The van der Waals surface area contributed by atoms with Crippen LogP contribution in [0.5, 0.6) is 0 Å². The summed E-state index contributed by atoms with van der Waals surface area (Å²) in [7, 11) is -4.67. The Morgan fingerprint density at radius 1 is 1.00 bits per heavy atom. The van der Waals surface area contributed by atoms with E-state index in [1.165, 1.54) is 0 Å². The van der Waals surface area contributed by atoms with Crippen molar-refractivity contribution in [1.82, 2.24) is 0 Å². The Hall–Kier alpha value is 0.398. The van der Waals surface area contributed by atoms with E-state index in [1.54, 1.807) is 0 Å². The van der Waals surface area contributed by atoms with Crippen LogP contribution in [0.15, 0.2) is 0 Å². The molecule has 0 saturated carbocycles. The molecule has 0 saturated heterocycles. The Labute approximate surface area is 62.5 Å². The second-order valence-corrected chi connectivity index (χ2v) is 6.52. The van der Waals surface area contributed by atoms with E-state index >= 15 is 0 Å². The average Bonchev–Trinajstić information content (AvgIpc) is 1.12. The molecule has 0 fully saturated rings. The van der Waals surface area contributed by atoms with Gasteiger partial charge < -0.3 is 0 Å². The first-order chi connectivity index (χ1) is 4.00. The molecule has 0 aliphatic rings. The molecule has 0 heterocycles. The summed E-state index contributed by atoms with van der Waals surface area (Å²) in [4.78, 5) is 0. The van der Waals surface area contributed by atoms with Crippen molar-refractivity contribution in [2.24, 2.45) is 17.2 Å². The molecule has 0 aromatic rings. The van der Waals surface area contributed by atoms with Gasteiger partial charge in [0.2, 0.25) is 0 Å². The van der Waals surface area contributed by atoms with Crippen LogP contribution in [0.25, 0.3) is 0 Å². The standard InChI is InChI=1S/4H2N.H2O4S.Pt/c;;;;1-5(2,3)4;/h4*1H2;(H2,1,2,3,4);/q4*-1;;+4. The second kappa shape index (κ2) is 4.31. The van der Waals surface area contributed by atoms with E-state index in [0.717, 1.165) is 0 Å². The van der Waals surface area contributed by atoms with Gasteiger partial charge in [-0.15, -0.1) is 0 Å². The normalized spacial score (nSPS) is 13.4. The first-order valence-corrected chi connectivity index (χ1v) is 8.07. The number of rotatable bonds is 0. The summed E-state index contributed by atoms with van der Waals surface area (Å²) in [6.07, 6.45) is 0. The predicted molar refractivity (Wildman–Crippen MR) is 30.9 cm³/mol. The molecule has 70 valence electrons. The maximum absolute atomic E-state index is 8.74. The van der Waals surface area contributed by atoms with Crippen LogP contribution in [0, 0.1) is 0 Å². The van der Waals surface area contributed by atoms with E-state index in [0.29, 0.717) is 0 Å². The Morgan fingerprint density at radius 2 is 1.00 bits per heavy atom. The van der Waals surface area contributed by atoms with Crippen LogP contribution in [0.1, 0.15) is 0 Å². The molecule has 10 heavy (non-hydrogen) atoms. The summed E-state index contributed by atoms with van der Waals surface area (Å²) in [5.41, 5.74) is 0. The van der Waals surface area contributed by atoms with Gasteiger partial charge in [-0.2, -0.15) is 8.42 Å². The first-order valence-electron chi connectivity index (χ1n) is 1.43. The minimum absolute atomic E-state index is 2.94. The molecule has 0 aliphatic heterocycles. The summed E-state index contributed by atoms with van der Waals surface area (Å²) in [6, 6.07) is 0. The SMILES string of the molecule is O=S(=O)(O)O.[NH2][Pt]([NH2])([NH2])[NH2]. The van der Waals surface area contributed by atoms with Crippen molar-refractivity contribution in [2.45, 2.75) is 0 Å². The van der Waals surface area contributed by atoms with Crippen LogP contribution in [0.3, 0.4) is 0 Å². The summed E-state index contributed by atoms with van der Waals surface area (Å²) in [5, 5.41) is 0. The van der Waals surface area contributed by atoms with Crippen molar-refractivity contribution in [1.29, 1.82) is 0 Å². The Bertz CT molecular complexity index is 152. The van der Waals surface area contributed by atoms with Crippen LogP contribution in [0.4, 0.5) is 0 Å². The molecule has 10 heteroatoms.